The molecular weight excluding hydrogens is 340 g/mol. The smallest absolute Gasteiger partial charge is 0.206 e. The van der Waals surface area contributed by atoms with Crippen molar-refractivity contribution >= 4 is 17.6 Å². The molecule has 0 N–H and O–H groups in total. The molecule has 3 aromatic rings. The third kappa shape index (κ3) is 4.09. The number of rotatable bonds is 4. The lowest BCUT2D eigenvalue weighted by atomic mass is 10.1. The van der Waals surface area contributed by atoms with E-state index in [-0.39, 0.29) is 17.7 Å². The number of aromatic nitrogens is 1. The van der Waals surface area contributed by atoms with Gasteiger partial charge in [-0.15, -0.1) is 11.3 Å². The van der Waals surface area contributed by atoms with Gasteiger partial charge in [-0.1, -0.05) is 24.3 Å². The van der Waals surface area contributed by atoms with E-state index < -0.39 is 0 Å². The Morgan fingerprint density at radius 1 is 1.08 bits per heavy atom. The molecule has 0 aliphatic rings. The van der Waals surface area contributed by atoms with Crippen LogP contribution in [0.3, 0.4) is 0 Å². The zero-order chi connectivity index (χ0) is 17.8. The van der Waals surface area contributed by atoms with Crippen LogP contribution in [0.15, 0.2) is 64.0 Å². The predicted molar refractivity (Wildman–Crippen MR) is 97.8 cm³/mol. The van der Waals surface area contributed by atoms with Gasteiger partial charge in [0.25, 0.3) is 0 Å². The first-order chi connectivity index (χ1) is 12.0. The summed E-state index contributed by atoms with van der Waals surface area (Å²) in [7, 11) is 0. The predicted octanol–water partition coefficient (Wildman–Crippen LogP) is 4.69. The lowest BCUT2D eigenvalue weighted by Crippen LogP contribution is -2.14. The van der Waals surface area contributed by atoms with Crippen molar-refractivity contribution in [2.75, 3.05) is 0 Å². The Morgan fingerprint density at radius 3 is 2.60 bits per heavy atom. The van der Waals surface area contributed by atoms with Crippen molar-refractivity contribution in [2.24, 2.45) is 10.1 Å². The minimum atomic E-state index is -0.333. The summed E-state index contributed by atoms with van der Waals surface area (Å²) in [6, 6.07) is 12.7. The normalized spacial score (nSPS) is 12.4. The molecule has 0 bridgehead atoms. The molecule has 0 unspecified atom stereocenters. The number of halogens is 2. The van der Waals surface area contributed by atoms with Crippen molar-refractivity contribution in [3.8, 4) is 11.3 Å². The molecule has 2 aromatic carbocycles. The van der Waals surface area contributed by atoms with E-state index in [4.69, 9.17) is 0 Å². The number of benzene rings is 2. The lowest BCUT2D eigenvalue weighted by Gasteiger charge is -2.05. The molecule has 3 rings (SSSR count). The highest BCUT2D eigenvalue weighted by Crippen LogP contribution is 2.23. The van der Waals surface area contributed by atoms with Crippen molar-refractivity contribution in [3.63, 3.8) is 0 Å². The summed E-state index contributed by atoms with van der Waals surface area (Å²) in [4.78, 5) is 5.19. The van der Waals surface area contributed by atoms with E-state index in [1.807, 2.05) is 19.2 Å². The van der Waals surface area contributed by atoms with Crippen LogP contribution in [-0.2, 0) is 0 Å². The van der Waals surface area contributed by atoms with Gasteiger partial charge < -0.3 is 0 Å². The third-order valence-corrected chi connectivity index (χ3v) is 4.21. The third-order valence-electron chi connectivity index (χ3n) is 3.37. The summed E-state index contributed by atoms with van der Waals surface area (Å²) in [6.45, 7) is 3.92. The molecule has 1 heterocycles. The maximum atomic E-state index is 14.2. The van der Waals surface area contributed by atoms with Gasteiger partial charge in [0.15, 0.2) is 0 Å². The maximum Gasteiger partial charge on any atom is 0.206 e. The minimum absolute atomic E-state index is 0.0720. The van der Waals surface area contributed by atoms with Gasteiger partial charge in [-0.3, -0.25) is 4.99 Å². The lowest BCUT2D eigenvalue weighted by molar-refractivity contribution is 0.627. The van der Waals surface area contributed by atoms with Gasteiger partial charge in [0.1, 0.15) is 11.6 Å². The molecule has 0 fully saturated rings. The van der Waals surface area contributed by atoms with Crippen LogP contribution in [0, 0.1) is 11.6 Å². The Hall–Kier alpha value is -2.60. The van der Waals surface area contributed by atoms with Gasteiger partial charge in [0.05, 0.1) is 11.9 Å². The summed E-state index contributed by atoms with van der Waals surface area (Å²) >= 11 is 1.39. The second-order valence-corrected chi connectivity index (χ2v) is 6.55. The SMILES string of the molecule is CC(C)N=c1scc(-c2ccccc2F)n1N=Cc1cccc(F)c1. The summed E-state index contributed by atoms with van der Waals surface area (Å²) < 4.78 is 29.1. The first-order valence-corrected chi connectivity index (χ1v) is 8.72. The van der Waals surface area contributed by atoms with Crippen LogP contribution in [0.1, 0.15) is 19.4 Å². The van der Waals surface area contributed by atoms with E-state index in [1.165, 1.54) is 29.5 Å². The van der Waals surface area contributed by atoms with Crippen molar-refractivity contribution < 1.29 is 8.78 Å². The molecular formula is C19H17F2N3S. The zero-order valence-corrected chi connectivity index (χ0v) is 14.7. The molecule has 0 aliphatic carbocycles. The van der Waals surface area contributed by atoms with Crippen LogP contribution in [0.25, 0.3) is 11.3 Å². The summed E-state index contributed by atoms with van der Waals surface area (Å²) in [6.07, 6.45) is 1.54. The highest BCUT2D eigenvalue weighted by Gasteiger charge is 2.11. The molecule has 0 radical (unpaired) electrons. The molecule has 0 amide bonds. The standard InChI is InChI=1S/C19H17F2N3S/c1-13(2)23-19-24(22-11-14-6-5-7-15(20)10-14)18(12-25-19)16-8-3-4-9-17(16)21/h3-13H,1-2H3. The monoisotopic (exact) mass is 357 g/mol. The molecule has 1 aromatic heterocycles. The van der Waals surface area contributed by atoms with Crippen LogP contribution in [-0.4, -0.2) is 16.9 Å². The average Bonchev–Trinajstić information content (AvgIpc) is 2.95. The quantitative estimate of drug-likeness (QED) is 0.607. The second kappa shape index (κ2) is 7.53. The Balaban J connectivity index is 2.13. The summed E-state index contributed by atoms with van der Waals surface area (Å²) in [5, 5.41) is 6.25. The number of hydrogen-bond acceptors (Lipinski definition) is 3. The fourth-order valence-corrected chi connectivity index (χ4v) is 3.25. The van der Waals surface area contributed by atoms with Gasteiger partial charge in [-0.2, -0.15) is 5.10 Å². The highest BCUT2D eigenvalue weighted by atomic mass is 32.1. The van der Waals surface area contributed by atoms with Crippen molar-refractivity contribution in [1.29, 1.82) is 0 Å². The fourth-order valence-electron chi connectivity index (χ4n) is 2.29. The van der Waals surface area contributed by atoms with Gasteiger partial charge in [0.2, 0.25) is 4.80 Å². The largest absolute Gasteiger partial charge is 0.255 e. The van der Waals surface area contributed by atoms with Crippen molar-refractivity contribution in [1.82, 2.24) is 4.68 Å². The molecule has 25 heavy (non-hydrogen) atoms. The second-order valence-electron chi connectivity index (χ2n) is 5.72. The van der Waals surface area contributed by atoms with E-state index in [9.17, 15) is 8.78 Å². The van der Waals surface area contributed by atoms with Crippen LogP contribution in [0.5, 0.6) is 0 Å². The van der Waals surface area contributed by atoms with Gasteiger partial charge in [-0.25, -0.2) is 13.5 Å². The van der Waals surface area contributed by atoms with E-state index in [0.717, 1.165) is 0 Å². The molecule has 0 atom stereocenters. The number of nitrogens with zero attached hydrogens (tertiary/aromatic N) is 3. The zero-order valence-electron chi connectivity index (χ0n) is 13.9. The fraction of sp³-hybridized carbons (Fsp3) is 0.158. The topological polar surface area (TPSA) is 29.6 Å². The Bertz CT molecular complexity index is 971. The van der Waals surface area contributed by atoms with Crippen LogP contribution < -0.4 is 4.80 Å². The van der Waals surface area contributed by atoms with Crippen LogP contribution in [0.2, 0.25) is 0 Å². The summed E-state index contributed by atoms with van der Waals surface area (Å²) in [5.74, 6) is -0.660. The molecule has 0 aliphatic heterocycles. The average molecular weight is 357 g/mol. The Morgan fingerprint density at radius 2 is 1.88 bits per heavy atom. The first-order valence-electron chi connectivity index (χ1n) is 7.84. The van der Waals surface area contributed by atoms with Crippen LogP contribution in [0.4, 0.5) is 8.78 Å². The minimum Gasteiger partial charge on any atom is -0.255 e. The van der Waals surface area contributed by atoms with Crippen LogP contribution >= 0.6 is 11.3 Å². The first kappa shape index (κ1) is 17.2. The van der Waals surface area contributed by atoms with E-state index >= 15 is 0 Å². The van der Waals surface area contributed by atoms with Gasteiger partial charge in [0, 0.05) is 17.0 Å². The molecule has 6 heteroatoms. The molecule has 0 spiro atoms. The van der Waals surface area contributed by atoms with Gasteiger partial charge >= 0.3 is 0 Å². The van der Waals surface area contributed by atoms with E-state index in [2.05, 4.69) is 10.1 Å². The molecule has 3 nitrogen and oxygen atoms in total. The van der Waals surface area contributed by atoms with E-state index in [1.54, 1.807) is 41.2 Å². The van der Waals surface area contributed by atoms with Crippen molar-refractivity contribution in [2.45, 2.75) is 19.9 Å². The molecule has 0 saturated heterocycles. The van der Waals surface area contributed by atoms with E-state index in [0.29, 0.717) is 21.6 Å². The Kier molecular flexibility index (Phi) is 5.19. The number of thiazole rings is 1. The number of hydrogen-bond donors (Lipinski definition) is 0. The highest BCUT2D eigenvalue weighted by molar-refractivity contribution is 7.07. The maximum absolute atomic E-state index is 14.2. The molecule has 128 valence electrons. The summed E-state index contributed by atoms with van der Waals surface area (Å²) in [5.41, 5.74) is 1.67. The Labute approximate surface area is 148 Å². The van der Waals surface area contributed by atoms with Gasteiger partial charge in [-0.05, 0) is 43.7 Å². The molecule has 0 saturated carbocycles. The van der Waals surface area contributed by atoms with Crippen molar-refractivity contribution in [3.05, 3.63) is 75.9 Å².